The largest absolute Gasteiger partial charge is 0.368 e. The highest BCUT2D eigenvalue weighted by molar-refractivity contribution is 5.95. The van der Waals surface area contributed by atoms with E-state index in [-0.39, 0.29) is 17.9 Å². The Morgan fingerprint density at radius 2 is 1.77 bits per heavy atom. The van der Waals surface area contributed by atoms with Gasteiger partial charge in [0.25, 0.3) is 5.91 Å². The number of amides is 2. The summed E-state index contributed by atoms with van der Waals surface area (Å²) in [5, 5.41) is 9.17. The van der Waals surface area contributed by atoms with E-state index in [2.05, 4.69) is 22.9 Å². The van der Waals surface area contributed by atoms with E-state index in [1.54, 1.807) is 12.1 Å². The summed E-state index contributed by atoms with van der Waals surface area (Å²) in [6.07, 6.45) is 4.20. The molecule has 3 rings (SSSR count). The van der Waals surface area contributed by atoms with Crippen molar-refractivity contribution >= 4 is 23.2 Å². The number of ether oxygens (including phenoxy) is 1. The standard InChI is InChI=1S/C20H29N3O3/c1-14(15-8-10-21-11-9-15)13-19(24)22-16-4-6-17(7-5-16)23-20(25)18-3-2-12-26-18/h4-7,14-15,18,21H,2-3,8-13H2,1H3,(H,22,24)(H,23,25). The van der Waals surface area contributed by atoms with Crippen LogP contribution in [0.25, 0.3) is 0 Å². The Labute approximate surface area is 155 Å². The highest BCUT2D eigenvalue weighted by Gasteiger charge is 2.24. The van der Waals surface area contributed by atoms with Gasteiger partial charge in [0, 0.05) is 24.4 Å². The number of rotatable bonds is 6. The molecule has 3 N–H and O–H groups in total. The van der Waals surface area contributed by atoms with Crippen LogP contribution in [0.15, 0.2) is 24.3 Å². The summed E-state index contributed by atoms with van der Waals surface area (Å²) in [5.41, 5.74) is 1.47. The number of benzene rings is 1. The molecular weight excluding hydrogens is 330 g/mol. The SMILES string of the molecule is CC(CC(=O)Nc1ccc(NC(=O)C2CCCO2)cc1)C1CCNCC1. The molecule has 0 spiro atoms. The van der Waals surface area contributed by atoms with Gasteiger partial charge in [-0.2, -0.15) is 0 Å². The van der Waals surface area contributed by atoms with Gasteiger partial charge in [-0.05, 0) is 74.9 Å². The van der Waals surface area contributed by atoms with Crippen molar-refractivity contribution < 1.29 is 14.3 Å². The van der Waals surface area contributed by atoms with Gasteiger partial charge in [-0.1, -0.05) is 6.92 Å². The Kier molecular flexibility index (Phi) is 6.63. The van der Waals surface area contributed by atoms with Crippen LogP contribution in [0, 0.1) is 11.8 Å². The summed E-state index contributed by atoms with van der Waals surface area (Å²) in [4.78, 5) is 24.3. The van der Waals surface area contributed by atoms with Crippen LogP contribution in [0.5, 0.6) is 0 Å². The number of hydrogen-bond acceptors (Lipinski definition) is 4. The van der Waals surface area contributed by atoms with Crippen molar-refractivity contribution in [1.82, 2.24) is 5.32 Å². The van der Waals surface area contributed by atoms with Crippen LogP contribution in [0.4, 0.5) is 11.4 Å². The summed E-state index contributed by atoms with van der Waals surface area (Å²) in [6, 6.07) is 7.24. The van der Waals surface area contributed by atoms with Crippen LogP contribution < -0.4 is 16.0 Å². The molecule has 6 nitrogen and oxygen atoms in total. The van der Waals surface area contributed by atoms with E-state index in [1.165, 1.54) is 0 Å². The second kappa shape index (κ2) is 9.14. The summed E-state index contributed by atoms with van der Waals surface area (Å²) < 4.78 is 5.38. The lowest BCUT2D eigenvalue weighted by atomic mass is 9.84. The quantitative estimate of drug-likeness (QED) is 0.730. The first-order valence-electron chi connectivity index (χ1n) is 9.65. The molecule has 2 atom stereocenters. The minimum atomic E-state index is -0.342. The monoisotopic (exact) mass is 359 g/mol. The Morgan fingerprint density at radius 3 is 2.38 bits per heavy atom. The number of nitrogens with one attached hydrogen (secondary N) is 3. The van der Waals surface area contributed by atoms with Gasteiger partial charge in [0.15, 0.2) is 0 Å². The number of hydrogen-bond donors (Lipinski definition) is 3. The molecule has 2 fully saturated rings. The zero-order chi connectivity index (χ0) is 18.4. The average molecular weight is 359 g/mol. The smallest absolute Gasteiger partial charge is 0.253 e. The molecule has 2 amide bonds. The molecule has 0 bridgehead atoms. The fourth-order valence-corrected chi connectivity index (χ4v) is 3.73. The van der Waals surface area contributed by atoms with Crippen molar-refractivity contribution in [2.24, 2.45) is 11.8 Å². The van der Waals surface area contributed by atoms with Gasteiger partial charge in [0.2, 0.25) is 5.91 Å². The fraction of sp³-hybridized carbons (Fsp3) is 0.600. The number of anilines is 2. The summed E-state index contributed by atoms with van der Waals surface area (Å²) >= 11 is 0. The lowest BCUT2D eigenvalue weighted by Gasteiger charge is -2.27. The molecular formula is C20H29N3O3. The van der Waals surface area contributed by atoms with Crippen molar-refractivity contribution in [3.05, 3.63) is 24.3 Å². The lowest BCUT2D eigenvalue weighted by Crippen LogP contribution is -2.32. The third kappa shape index (κ3) is 5.29. The molecule has 0 aliphatic carbocycles. The lowest BCUT2D eigenvalue weighted by molar-refractivity contribution is -0.124. The van der Waals surface area contributed by atoms with E-state index in [9.17, 15) is 9.59 Å². The minimum absolute atomic E-state index is 0.0483. The highest BCUT2D eigenvalue weighted by atomic mass is 16.5. The molecule has 142 valence electrons. The molecule has 2 aliphatic rings. The van der Waals surface area contributed by atoms with Gasteiger partial charge in [0.1, 0.15) is 6.10 Å². The molecule has 26 heavy (non-hydrogen) atoms. The van der Waals surface area contributed by atoms with Crippen molar-refractivity contribution in [2.45, 2.75) is 45.1 Å². The zero-order valence-electron chi connectivity index (χ0n) is 15.4. The normalized spacial score (nSPS) is 22.0. The van der Waals surface area contributed by atoms with E-state index < -0.39 is 0 Å². The van der Waals surface area contributed by atoms with E-state index in [0.717, 1.165) is 44.5 Å². The maximum atomic E-state index is 12.3. The first-order valence-corrected chi connectivity index (χ1v) is 9.65. The zero-order valence-corrected chi connectivity index (χ0v) is 15.4. The maximum Gasteiger partial charge on any atom is 0.253 e. The Bertz CT molecular complexity index is 605. The molecule has 0 aromatic heterocycles. The fourth-order valence-electron chi connectivity index (χ4n) is 3.73. The van der Waals surface area contributed by atoms with Crippen molar-refractivity contribution in [2.75, 3.05) is 30.3 Å². The predicted molar refractivity (Wildman–Crippen MR) is 102 cm³/mol. The predicted octanol–water partition coefficient (Wildman–Crippen LogP) is 2.77. The van der Waals surface area contributed by atoms with Gasteiger partial charge < -0.3 is 20.7 Å². The molecule has 6 heteroatoms. The molecule has 0 saturated carbocycles. The highest BCUT2D eigenvalue weighted by Crippen LogP contribution is 2.25. The van der Waals surface area contributed by atoms with Crippen LogP contribution in [0.3, 0.4) is 0 Å². The Balaban J connectivity index is 1.45. The first-order chi connectivity index (χ1) is 12.6. The second-order valence-electron chi connectivity index (χ2n) is 7.39. The maximum absolute atomic E-state index is 12.3. The van der Waals surface area contributed by atoms with Crippen molar-refractivity contribution in [3.8, 4) is 0 Å². The van der Waals surface area contributed by atoms with Gasteiger partial charge in [-0.15, -0.1) is 0 Å². The minimum Gasteiger partial charge on any atom is -0.368 e. The molecule has 2 unspecified atom stereocenters. The van der Waals surface area contributed by atoms with Gasteiger partial charge >= 0.3 is 0 Å². The van der Waals surface area contributed by atoms with Crippen LogP contribution in [-0.4, -0.2) is 37.6 Å². The number of carbonyl (C=O) groups excluding carboxylic acids is 2. The molecule has 2 saturated heterocycles. The Morgan fingerprint density at radius 1 is 1.12 bits per heavy atom. The summed E-state index contributed by atoms with van der Waals surface area (Å²) in [5.74, 6) is 0.960. The van der Waals surface area contributed by atoms with Crippen LogP contribution >= 0.6 is 0 Å². The summed E-state index contributed by atoms with van der Waals surface area (Å²) in [7, 11) is 0. The van der Waals surface area contributed by atoms with Crippen LogP contribution in [0.2, 0.25) is 0 Å². The number of carbonyl (C=O) groups is 2. The van der Waals surface area contributed by atoms with Gasteiger partial charge in [0.05, 0.1) is 0 Å². The molecule has 0 radical (unpaired) electrons. The molecule has 1 aromatic rings. The summed E-state index contributed by atoms with van der Waals surface area (Å²) in [6.45, 7) is 4.92. The third-order valence-corrected chi connectivity index (χ3v) is 5.35. The van der Waals surface area contributed by atoms with E-state index in [1.807, 2.05) is 12.1 Å². The second-order valence-corrected chi connectivity index (χ2v) is 7.39. The first kappa shape index (κ1) is 18.9. The topological polar surface area (TPSA) is 79.5 Å². The van der Waals surface area contributed by atoms with E-state index >= 15 is 0 Å². The molecule has 2 aliphatic heterocycles. The van der Waals surface area contributed by atoms with E-state index in [4.69, 9.17) is 4.74 Å². The van der Waals surface area contributed by atoms with Crippen LogP contribution in [-0.2, 0) is 14.3 Å². The Hall–Kier alpha value is -1.92. The molecule has 1 aromatic carbocycles. The van der Waals surface area contributed by atoms with Crippen LogP contribution in [0.1, 0.15) is 39.0 Å². The van der Waals surface area contributed by atoms with E-state index in [0.29, 0.717) is 30.6 Å². The third-order valence-electron chi connectivity index (χ3n) is 5.35. The average Bonchev–Trinajstić information content (AvgIpc) is 3.19. The van der Waals surface area contributed by atoms with Gasteiger partial charge in [-0.25, -0.2) is 0 Å². The van der Waals surface area contributed by atoms with Crippen molar-refractivity contribution in [1.29, 1.82) is 0 Å². The molecule has 2 heterocycles. The van der Waals surface area contributed by atoms with Crippen molar-refractivity contribution in [3.63, 3.8) is 0 Å². The number of piperidine rings is 1. The van der Waals surface area contributed by atoms with Gasteiger partial charge in [-0.3, -0.25) is 9.59 Å².